The topological polar surface area (TPSA) is 34.9 Å². The molecule has 0 radical (unpaired) electrons. The summed E-state index contributed by atoms with van der Waals surface area (Å²) >= 11 is 0. The molecule has 0 amide bonds. The van der Waals surface area contributed by atoms with Gasteiger partial charge in [0.1, 0.15) is 23.0 Å². The van der Waals surface area contributed by atoms with Gasteiger partial charge in [0.25, 0.3) is 0 Å². The van der Waals surface area contributed by atoms with Crippen molar-refractivity contribution in [3.05, 3.63) is 95.9 Å². The van der Waals surface area contributed by atoms with Gasteiger partial charge in [-0.25, -0.2) is 9.37 Å². The van der Waals surface area contributed by atoms with E-state index < -0.39 is 0 Å². The first-order valence-electron chi connectivity index (χ1n) is 8.63. The molecule has 1 heterocycles. The highest BCUT2D eigenvalue weighted by molar-refractivity contribution is 5.87. The summed E-state index contributed by atoms with van der Waals surface area (Å²) in [5.74, 6) is 0.314. The molecule has 4 rings (SSSR count). The standard InChI is InChI=1S/C23H17FN2O/c1-16-7-9-18(10-8-16)23-25-22(17-5-3-2-4-6-17)21(15-27)26(23)20-13-11-19(24)12-14-20/h2-15H,1H3. The predicted molar refractivity (Wildman–Crippen MR) is 105 cm³/mol. The first-order chi connectivity index (χ1) is 13.2. The molecule has 0 fully saturated rings. The van der Waals surface area contributed by atoms with Gasteiger partial charge in [0.15, 0.2) is 6.29 Å². The molecule has 0 aliphatic carbocycles. The fourth-order valence-corrected chi connectivity index (χ4v) is 3.10. The summed E-state index contributed by atoms with van der Waals surface area (Å²) in [6.45, 7) is 2.02. The Morgan fingerprint density at radius 3 is 2.15 bits per heavy atom. The van der Waals surface area contributed by atoms with Gasteiger partial charge in [0.2, 0.25) is 0 Å². The van der Waals surface area contributed by atoms with Crippen LogP contribution in [0.4, 0.5) is 4.39 Å². The third-order valence-corrected chi connectivity index (χ3v) is 4.47. The van der Waals surface area contributed by atoms with Crippen molar-refractivity contribution in [2.75, 3.05) is 0 Å². The Balaban J connectivity index is 2.01. The van der Waals surface area contributed by atoms with E-state index in [1.165, 1.54) is 12.1 Å². The summed E-state index contributed by atoms with van der Waals surface area (Å²) in [5, 5.41) is 0. The molecule has 3 nitrogen and oxygen atoms in total. The Bertz CT molecular complexity index is 1080. The SMILES string of the molecule is Cc1ccc(-c2nc(-c3ccccc3)c(C=O)n2-c2ccc(F)cc2)cc1. The van der Waals surface area contributed by atoms with Crippen LogP contribution in [0.2, 0.25) is 0 Å². The van der Waals surface area contributed by atoms with Gasteiger partial charge in [0, 0.05) is 16.8 Å². The zero-order valence-electron chi connectivity index (χ0n) is 14.8. The quantitative estimate of drug-likeness (QED) is 0.455. The molecule has 132 valence electrons. The lowest BCUT2D eigenvalue weighted by Crippen LogP contribution is -2.02. The van der Waals surface area contributed by atoms with E-state index in [4.69, 9.17) is 4.98 Å². The van der Waals surface area contributed by atoms with Crippen molar-refractivity contribution in [2.45, 2.75) is 6.92 Å². The number of halogens is 1. The van der Waals surface area contributed by atoms with Crippen molar-refractivity contribution in [3.63, 3.8) is 0 Å². The van der Waals surface area contributed by atoms with Crippen molar-refractivity contribution in [1.82, 2.24) is 9.55 Å². The van der Waals surface area contributed by atoms with Crippen LogP contribution in [0, 0.1) is 12.7 Å². The Morgan fingerprint density at radius 2 is 1.52 bits per heavy atom. The Morgan fingerprint density at radius 1 is 0.852 bits per heavy atom. The van der Waals surface area contributed by atoms with Crippen molar-refractivity contribution < 1.29 is 9.18 Å². The van der Waals surface area contributed by atoms with E-state index >= 15 is 0 Å². The first-order valence-corrected chi connectivity index (χ1v) is 8.63. The lowest BCUT2D eigenvalue weighted by molar-refractivity contribution is 0.111. The first kappa shape index (κ1) is 16.9. The minimum Gasteiger partial charge on any atom is -0.296 e. The lowest BCUT2D eigenvalue weighted by atomic mass is 10.1. The second-order valence-corrected chi connectivity index (χ2v) is 6.33. The predicted octanol–water partition coefficient (Wildman–Crippen LogP) is 5.47. The Hall–Kier alpha value is -3.53. The fourth-order valence-electron chi connectivity index (χ4n) is 3.10. The molecule has 0 unspecified atom stereocenters. The van der Waals surface area contributed by atoms with Crippen LogP contribution in [0.1, 0.15) is 16.1 Å². The second-order valence-electron chi connectivity index (χ2n) is 6.33. The highest BCUT2D eigenvalue weighted by atomic mass is 19.1. The van der Waals surface area contributed by atoms with Gasteiger partial charge >= 0.3 is 0 Å². The highest BCUT2D eigenvalue weighted by Crippen LogP contribution is 2.31. The number of hydrogen-bond donors (Lipinski definition) is 0. The van der Waals surface area contributed by atoms with Gasteiger partial charge in [-0.2, -0.15) is 0 Å². The summed E-state index contributed by atoms with van der Waals surface area (Å²) in [6.07, 6.45) is 0.802. The van der Waals surface area contributed by atoms with Crippen LogP contribution >= 0.6 is 0 Å². The third-order valence-electron chi connectivity index (χ3n) is 4.47. The third kappa shape index (κ3) is 3.17. The van der Waals surface area contributed by atoms with E-state index in [0.29, 0.717) is 22.9 Å². The minimum atomic E-state index is -0.327. The number of rotatable bonds is 4. The van der Waals surface area contributed by atoms with E-state index in [2.05, 4.69) is 0 Å². The normalized spacial score (nSPS) is 10.7. The van der Waals surface area contributed by atoms with Crippen LogP contribution in [0.3, 0.4) is 0 Å². The molecule has 0 bridgehead atoms. The summed E-state index contributed by atoms with van der Waals surface area (Å²) in [5.41, 5.74) is 4.60. The molecule has 0 spiro atoms. The molecular formula is C23H17FN2O. The van der Waals surface area contributed by atoms with Crippen LogP contribution in [0.25, 0.3) is 28.3 Å². The maximum Gasteiger partial charge on any atom is 0.169 e. The number of hydrogen-bond acceptors (Lipinski definition) is 2. The number of aryl methyl sites for hydroxylation is 1. The largest absolute Gasteiger partial charge is 0.296 e. The van der Waals surface area contributed by atoms with Crippen molar-refractivity contribution in [1.29, 1.82) is 0 Å². The molecule has 4 aromatic rings. The van der Waals surface area contributed by atoms with E-state index in [0.717, 1.165) is 23.0 Å². The van der Waals surface area contributed by atoms with Crippen LogP contribution in [0.5, 0.6) is 0 Å². The number of benzene rings is 3. The number of aromatic nitrogens is 2. The number of carbonyl (C=O) groups excluding carboxylic acids is 1. The molecule has 0 aliphatic rings. The molecule has 0 atom stereocenters. The molecule has 0 aliphatic heterocycles. The molecular weight excluding hydrogens is 339 g/mol. The van der Waals surface area contributed by atoms with Crippen LogP contribution in [-0.2, 0) is 0 Å². The average molecular weight is 356 g/mol. The number of carbonyl (C=O) groups is 1. The molecule has 3 aromatic carbocycles. The molecule has 0 saturated carbocycles. The average Bonchev–Trinajstić information content (AvgIpc) is 3.09. The van der Waals surface area contributed by atoms with Gasteiger partial charge < -0.3 is 0 Å². The van der Waals surface area contributed by atoms with Gasteiger partial charge in [-0.3, -0.25) is 9.36 Å². The summed E-state index contributed by atoms with van der Waals surface area (Å²) in [6, 6.07) is 23.6. The zero-order chi connectivity index (χ0) is 18.8. The maximum atomic E-state index is 13.4. The summed E-state index contributed by atoms with van der Waals surface area (Å²) < 4.78 is 15.2. The maximum absolute atomic E-state index is 13.4. The van der Waals surface area contributed by atoms with E-state index in [9.17, 15) is 9.18 Å². The smallest absolute Gasteiger partial charge is 0.169 e. The molecule has 0 N–H and O–H groups in total. The van der Waals surface area contributed by atoms with Crippen molar-refractivity contribution in [3.8, 4) is 28.3 Å². The number of aldehydes is 1. The monoisotopic (exact) mass is 356 g/mol. The van der Waals surface area contributed by atoms with E-state index in [1.807, 2.05) is 61.5 Å². The fraction of sp³-hybridized carbons (Fsp3) is 0.0435. The van der Waals surface area contributed by atoms with Gasteiger partial charge in [-0.1, -0.05) is 60.2 Å². The van der Waals surface area contributed by atoms with Crippen LogP contribution < -0.4 is 0 Å². The van der Waals surface area contributed by atoms with Gasteiger partial charge in [-0.05, 0) is 31.2 Å². The summed E-state index contributed by atoms with van der Waals surface area (Å²) in [4.78, 5) is 16.8. The van der Waals surface area contributed by atoms with E-state index in [1.54, 1.807) is 16.7 Å². The van der Waals surface area contributed by atoms with Crippen LogP contribution in [-0.4, -0.2) is 15.8 Å². The number of imidazole rings is 1. The van der Waals surface area contributed by atoms with Gasteiger partial charge in [0.05, 0.1) is 0 Å². The molecule has 4 heteroatoms. The molecule has 0 saturated heterocycles. The van der Waals surface area contributed by atoms with Crippen molar-refractivity contribution in [2.24, 2.45) is 0 Å². The number of nitrogens with zero attached hydrogens (tertiary/aromatic N) is 2. The summed E-state index contributed by atoms with van der Waals surface area (Å²) in [7, 11) is 0. The molecule has 1 aromatic heterocycles. The Kier molecular flexibility index (Phi) is 4.38. The Labute approximate surface area is 156 Å². The minimum absolute atomic E-state index is 0.327. The van der Waals surface area contributed by atoms with Gasteiger partial charge in [-0.15, -0.1) is 0 Å². The van der Waals surface area contributed by atoms with Crippen LogP contribution in [0.15, 0.2) is 78.9 Å². The lowest BCUT2D eigenvalue weighted by Gasteiger charge is -2.10. The van der Waals surface area contributed by atoms with E-state index in [-0.39, 0.29) is 5.82 Å². The highest BCUT2D eigenvalue weighted by Gasteiger charge is 2.20. The second kappa shape index (κ2) is 7.00. The molecule has 27 heavy (non-hydrogen) atoms. The van der Waals surface area contributed by atoms with Crippen molar-refractivity contribution >= 4 is 6.29 Å². The zero-order valence-corrected chi connectivity index (χ0v) is 14.8.